The lowest BCUT2D eigenvalue weighted by Gasteiger charge is -2.25. The number of rotatable bonds is 3. The van der Waals surface area contributed by atoms with Crippen molar-refractivity contribution in [2.75, 3.05) is 13.7 Å². The summed E-state index contributed by atoms with van der Waals surface area (Å²) in [5, 5.41) is 2.71. The molecule has 1 N–H and O–H groups in total. The second kappa shape index (κ2) is 4.68. The van der Waals surface area contributed by atoms with Crippen molar-refractivity contribution >= 4 is 17.2 Å². The smallest absolute Gasteiger partial charge is 0.406 e. The highest BCUT2D eigenvalue weighted by Crippen LogP contribution is 2.25. The SMILES string of the molecule is COC(=O)NCC(C)(C)c1ccc2ncoc2c1. The van der Waals surface area contributed by atoms with Gasteiger partial charge in [-0.2, -0.15) is 0 Å². The molecule has 1 heterocycles. The molecule has 5 heteroatoms. The highest BCUT2D eigenvalue weighted by molar-refractivity contribution is 5.73. The molecular weight excluding hydrogens is 232 g/mol. The number of hydrogen-bond acceptors (Lipinski definition) is 4. The Bertz CT molecular complexity index is 560. The van der Waals surface area contributed by atoms with Gasteiger partial charge in [0, 0.05) is 12.0 Å². The minimum Gasteiger partial charge on any atom is -0.453 e. The predicted molar refractivity (Wildman–Crippen MR) is 67.4 cm³/mol. The summed E-state index contributed by atoms with van der Waals surface area (Å²) in [4.78, 5) is 15.2. The van der Waals surface area contributed by atoms with Crippen LogP contribution in [0.5, 0.6) is 0 Å². The molecule has 0 saturated heterocycles. The molecule has 1 aromatic heterocycles. The van der Waals surface area contributed by atoms with Crippen LogP contribution in [0.4, 0.5) is 4.79 Å². The number of methoxy groups -OCH3 is 1. The second-order valence-corrected chi connectivity index (χ2v) is 4.76. The first-order valence-corrected chi connectivity index (χ1v) is 5.68. The number of oxazole rings is 1. The largest absolute Gasteiger partial charge is 0.453 e. The Morgan fingerprint density at radius 3 is 3.00 bits per heavy atom. The van der Waals surface area contributed by atoms with E-state index >= 15 is 0 Å². The van der Waals surface area contributed by atoms with Crippen LogP contribution in [-0.4, -0.2) is 24.7 Å². The molecule has 18 heavy (non-hydrogen) atoms. The first kappa shape index (κ1) is 12.4. The first-order chi connectivity index (χ1) is 8.53. The number of alkyl carbamates (subject to hydrolysis) is 1. The number of nitrogens with one attached hydrogen (secondary N) is 1. The summed E-state index contributed by atoms with van der Waals surface area (Å²) in [6, 6.07) is 5.85. The summed E-state index contributed by atoms with van der Waals surface area (Å²) in [5.74, 6) is 0. The quantitative estimate of drug-likeness (QED) is 0.906. The van der Waals surface area contributed by atoms with Crippen LogP contribution in [0.25, 0.3) is 11.1 Å². The Morgan fingerprint density at radius 2 is 2.28 bits per heavy atom. The van der Waals surface area contributed by atoms with E-state index in [1.165, 1.54) is 13.5 Å². The number of benzene rings is 1. The molecule has 2 rings (SSSR count). The number of carbonyl (C=O) groups excluding carboxylic acids is 1. The summed E-state index contributed by atoms with van der Waals surface area (Å²) in [6.07, 6.45) is 0.998. The lowest BCUT2D eigenvalue weighted by atomic mass is 9.84. The zero-order chi connectivity index (χ0) is 13.2. The van der Waals surface area contributed by atoms with Gasteiger partial charge in [0.2, 0.25) is 0 Å². The fourth-order valence-electron chi connectivity index (χ4n) is 1.74. The standard InChI is InChI=1S/C13H16N2O3/c1-13(2,7-14-12(16)17-3)9-4-5-10-11(6-9)18-8-15-10/h4-6,8H,7H2,1-3H3,(H,14,16). The van der Waals surface area contributed by atoms with Gasteiger partial charge < -0.3 is 14.5 Å². The van der Waals surface area contributed by atoms with Crippen LogP contribution < -0.4 is 5.32 Å². The third kappa shape index (κ3) is 2.45. The molecule has 0 spiro atoms. The maximum Gasteiger partial charge on any atom is 0.406 e. The molecule has 0 unspecified atom stereocenters. The van der Waals surface area contributed by atoms with E-state index in [0.717, 1.165) is 16.7 Å². The van der Waals surface area contributed by atoms with Crippen molar-refractivity contribution in [2.45, 2.75) is 19.3 Å². The van der Waals surface area contributed by atoms with Crippen molar-refractivity contribution in [3.63, 3.8) is 0 Å². The Balaban J connectivity index is 2.19. The van der Waals surface area contributed by atoms with E-state index in [4.69, 9.17) is 4.42 Å². The van der Waals surface area contributed by atoms with Crippen LogP contribution in [-0.2, 0) is 10.2 Å². The predicted octanol–water partition coefficient (Wildman–Crippen LogP) is 2.46. The number of aromatic nitrogens is 1. The molecule has 0 bridgehead atoms. The maximum atomic E-state index is 11.1. The van der Waals surface area contributed by atoms with Crippen molar-refractivity contribution in [1.29, 1.82) is 0 Å². The molecular formula is C13H16N2O3. The molecule has 2 aromatic rings. The molecule has 0 atom stereocenters. The van der Waals surface area contributed by atoms with Crippen molar-refractivity contribution in [2.24, 2.45) is 0 Å². The summed E-state index contributed by atoms with van der Waals surface area (Å²) in [6.45, 7) is 4.57. The van der Waals surface area contributed by atoms with Crippen molar-refractivity contribution < 1.29 is 13.9 Å². The Labute approximate surface area is 105 Å². The van der Waals surface area contributed by atoms with Crippen molar-refractivity contribution in [1.82, 2.24) is 10.3 Å². The number of hydrogen-bond donors (Lipinski definition) is 1. The fourth-order valence-corrected chi connectivity index (χ4v) is 1.74. The van der Waals surface area contributed by atoms with E-state index in [1.807, 2.05) is 32.0 Å². The van der Waals surface area contributed by atoms with Gasteiger partial charge >= 0.3 is 6.09 Å². The number of amides is 1. The molecule has 0 aliphatic carbocycles. The Hall–Kier alpha value is -2.04. The lowest BCUT2D eigenvalue weighted by molar-refractivity contribution is 0.168. The molecule has 0 saturated carbocycles. The Kier molecular flexibility index (Phi) is 3.23. The van der Waals surface area contributed by atoms with E-state index in [9.17, 15) is 4.79 Å². The third-order valence-corrected chi connectivity index (χ3v) is 2.97. The van der Waals surface area contributed by atoms with Crippen molar-refractivity contribution in [3.05, 3.63) is 30.2 Å². The molecule has 5 nitrogen and oxygen atoms in total. The fraction of sp³-hybridized carbons (Fsp3) is 0.385. The van der Waals surface area contributed by atoms with Crippen LogP contribution in [0, 0.1) is 0 Å². The van der Waals surface area contributed by atoms with Crippen molar-refractivity contribution in [3.8, 4) is 0 Å². The van der Waals surface area contributed by atoms with Crippen LogP contribution >= 0.6 is 0 Å². The minimum atomic E-state index is -0.427. The van der Waals surface area contributed by atoms with Gasteiger partial charge in [0.1, 0.15) is 5.52 Å². The second-order valence-electron chi connectivity index (χ2n) is 4.76. The first-order valence-electron chi connectivity index (χ1n) is 5.68. The van der Waals surface area contributed by atoms with Gasteiger partial charge in [-0.15, -0.1) is 0 Å². The minimum absolute atomic E-state index is 0.213. The van der Waals surface area contributed by atoms with Gasteiger partial charge in [-0.1, -0.05) is 19.9 Å². The van der Waals surface area contributed by atoms with E-state index < -0.39 is 6.09 Å². The summed E-state index contributed by atoms with van der Waals surface area (Å²) < 4.78 is 9.84. The van der Waals surface area contributed by atoms with Crippen LogP contribution in [0.3, 0.4) is 0 Å². The monoisotopic (exact) mass is 248 g/mol. The van der Waals surface area contributed by atoms with E-state index in [-0.39, 0.29) is 5.41 Å². The van der Waals surface area contributed by atoms with E-state index in [1.54, 1.807) is 0 Å². The molecule has 1 amide bonds. The number of ether oxygens (including phenoxy) is 1. The van der Waals surface area contributed by atoms with Crippen LogP contribution in [0.1, 0.15) is 19.4 Å². The van der Waals surface area contributed by atoms with Gasteiger partial charge in [0.15, 0.2) is 12.0 Å². The highest BCUT2D eigenvalue weighted by atomic mass is 16.5. The summed E-state index contributed by atoms with van der Waals surface area (Å²) >= 11 is 0. The third-order valence-electron chi connectivity index (χ3n) is 2.97. The number of carbonyl (C=O) groups is 1. The zero-order valence-corrected chi connectivity index (χ0v) is 10.7. The van der Waals surface area contributed by atoms with Gasteiger partial charge in [-0.3, -0.25) is 0 Å². The van der Waals surface area contributed by atoms with Crippen LogP contribution in [0.2, 0.25) is 0 Å². The molecule has 96 valence electrons. The van der Waals surface area contributed by atoms with E-state index in [0.29, 0.717) is 6.54 Å². The van der Waals surface area contributed by atoms with Gasteiger partial charge in [0.05, 0.1) is 7.11 Å². The van der Waals surface area contributed by atoms with Gasteiger partial charge in [0.25, 0.3) is 0 Å². The summed E-state index contributed by atoms with van der Waals surface area (Å²) in [5.41, 5.74) is 2.44. The maximum absolute atomic E-state index is 11.1. The molecule has 1 aromatic carbocycles. The molecule has 0 radical (unpaired) electrons. The zero-order valence-electron chi connectivity index (χ0n) is 10.7. The highest BCUT2D eigenvalue weighted by Gasteiger charge is 2.22. The average molecular weight is 248 g/mol. The van der Waals surface area contributed by atoms with Gasteiger partial charge in [-0.05, 0) is 17.7 Å². The van der Waals surface area contributed by atoms with Gasteiger partial charge in [-0.25, -0.2) is 9.78 Å². The Morgan fingerprint density at radius 1 is 1.50 bits per heavy atom. The number of fused-ring (bicyclic) bond motifs is 1. The molecule has 0 fully saturated rings. The molecule has 0 aliphatic heterocycles. The molecule has 0 aliphatic rings. The average Bonchev–Trinajstić information content (AvgIpc) is 2.83. The lowest BCUT2D eigenvalue weighted by Crippen LogP contribution is -2.36. The normalized spacial score (nSPS) is 11.5. The van der Waals surface area contributed by atoms with Crippen LogP contribution in [0.15, 0.2) is 29.0 Å². The number of nitrogens with zero attached hydrogens (tertiary/aromatic N) is 1. The topological polar surface area (TPSA) is 64.4 Å². The summed E-state index contributed by atoms with van der Waals surface area (Å²) in [7, 11) is 1.35. The van der Waals surface area contributed by atoms with E-state index in [2.05, 4.69) is 15.0 Å².